The number of nitrogens with zero attached hydrogens (tertiary/aromatic N) is 1. The van der Waals surface area contributed by atoms with Crippen LogP contribution in [-0.4, -0.2) is 21.1 Å². The van der Waals surface area contributed by atoms with Gasteiger partial charge in [0.25, 0.3) is 5.69 Å². The molecule has 0 spiro atoms. The van der Waals surface area contributed by atoms with E-state index in [1.807, 2.05) is 0 Å². The van der Waals surface area contributed by atoms with Crippen LogP contribution in [0.25, 0.3) is 0 Å². The number of aromatic hydroxyl groups is 1. The van der Waals surface area contributed by atoms with E-state index >= 15 is 0 Å². The van der Waals surface area contributed by atoms with Gasteiger partial charge in [0, 0.05) is 0 Å². The van der Waals surface area contributed by atoms with Crippen LogP contribution in [0.1, 0.15) is 21.5 Å². The number of carboxylic acids is 1. The maximum Gasteiger partial charge on any atom is 0.342 e. The lowest BCUT2D eigenvalue weighted by Gasteiger charge is -2.06. The van der Waals surface area contributed by atoms with Crippen LogP contribution in [0, 0.1) is 24.0 Å². The zero-order valence-corrected chi connectivity index (χ0v) is 8.14. The van der Waals surface area contributed by atoms with Gasteiger partial charge in [-0.1, -0.05) is 0 Å². The minimum absolute atomic E-state index is 0.0302. The van der Waals surface area contributed by atoms with E-state index in [2.05, 4.69) is 0 Å². The second-order valence-corrected chi connectivity index (χ2v) is 3.13. The Morgan fingerprint density at radius 1 is 1.47 bits per heavy atom. The number of phenolic OH excluding ortho intramolecular Hbond substituents is 1. The highest BCUT2D eigenvalue weighted by Gasteiger charge is 2.26. The van der Waals surface area contributed by atoms with E-state index in [0.717, 1.165) is 6.07 Å². The molecule has 0 amide bonds. The quantitative estimate of drug-likeness (QED) is 0.571. The summed E-state index contributed by atoms with van der Waals surface area (Å²) in [4.78, 5) is 20.6. The van der Waals surface area contributed by atoms with Crippen LogP contribution in [0.15, 0.2) is 6.07 Å². The van der Waals surface area contributed by atoms with Crippen molar-refractivity contribution in [2.75, 3.05) is 0 Å². The van der Waals surface area contributed by atoms with E-state index in [9.17, 15) is 20.0 Å². The third-order valence-corrected chi connectivity index (χ3v) is 2.11. The summed E-state index contributed by atoms with van der Waals surface area (Å²) in [5, 5.41) is 28.9. The Bertz CT molecular complexity index is 452. The lowest BCUT2D eigenvalue weighted by atomic mass is 10.0. The third kappa shape index (κ3) is 1.74. The highest BCUT2D eigenvalue weighted by molar-refractivity contribution is 5.94. The van der Waals surface area contributed by atoms with Crippen molar-refractivity contribution in [3.63, 3.8) is 0 Å². The molecular formula is C9H9NO5. The van der Waals surface area contributed by atoms with Crippen molar-refractivity contribution in [3.8, 4) is 5.75 Å². The second-order valence-electron chi connectivity index (χ2n) is 3.13. The number of carbonyl (C=O) groups is 1. The number of rotatable bonds is 2. The zero-order chi connectivity index (χ0) is 11.7. The molecule has 0 aliphatic heterocycles. The van der Waals surface area contributed by atoms with Crippen molar-refractivity contribution in [1.82, 2.24) is 0 Å². The van der Waals surface area contributed by atoms with E-state index in [4.69, 9.17) is 5.11 Å². The molecule has 0 fully saturated rings. The second kappa shape index (κ2) is 3.56. The SMILES string of the molecule is Cc1cc(C(=O)O)c([N+](=O)[O-])c(C)c1O. The van der Waals surface area contributed by atoms with Crippen molar-refractivity contribution in [2.45, 2.75) is 13.8 Å². The Kier molecular flexibility index (Phi) is 2.61. The monoisotopic (exact) mass is 211 g/mol. The minimum atomic E-state index is -1.38. The van der Waals surface area contributed by atoms with Gasteiger partial charge in [-0.05, 0) is 25.5 Å². The molecule has 0 aromatic heterocycles. The Balaban J connectivity index is 3.65. The van der Waals surface area contributed by atoms with Crippen LogP contribution in [-0.2, 0) is 0 Å². The Labute approximate surface area is 84.9 Å². The molecule has 6 nitrogen and oxygen atoms in total. The predicted octanol–water partition coefficient (Wildman–Crippen LogP) is 1.62. The van der Waals surface area contributed by atoms with Gasteiger partial charge < -0.3 is 10.2 Å². The molecule has 0 saturated carbocycles. The van der Waals surface area contributed by atoms with Crippen molar-refractivity contribution in [1.29, 1.82) is 0 Å². The summed E-state index contributed by atoms with van der Waals surface area (Å²) in [6.07, 6.45) is 0. The highest BCUT2D eigenvalue weighted by Crippen LogP contribution is 2.33. The maximum atomic E-state index is 10.8. The van der Waals surface area contributed by atoms with Crippen LogP contribution in [0.5, 0.6) is 5.75 Å². The predicted molar refractivity (Wildman–Crippen MR) is 51.2 cm³/mol. The van der Waals surface area contributed by atoms with E-state index in [1.54, 1.807) is 0 Å². The first-order valence-corrected chi connectivity index (χ1v) is 4.07. The Morgan fingerprint density at radius 2 is 2.00 bits per heavy atom. The molecule has 0 saturated heterocycles. The lowest BCUT2D eigenvalue weighted by molar-refractivity contribution is -0.385. The summed E-state index contributed by atoms with van der Waals surface area (Å²) in [6.45, 7) is 2.80. The van der Waals surface area contributed by atoms with Gasteiger partial charge in [0.2, 0.25) is 0 Å². The van der Waals surface area contributed by atoms with Gasteiger partial charge in [0.1, 0.15) is 11.3 Å². The smallest absolute Gasteiger partial charge is 0.342 e. The molecule has 0 bridgehead atoms. The number of hydrogen-bond acceptors (Lipinski definition) is 4. The van der Waals surface area contributed by atoms with Gasteiger partial charge in [-0.2, -0.15) is 0 Å². The molecule has 0 heterocycles. The van der Waals surface area contributed by atoms with E-state index in [0.29, 0.717) is 5.56 Å². The van der Waals surface area contributed by atoms with Crippen molar-refractivity contribution >= 4 is 11.7 Å². The Morgan fingerprint density at radius 3 is 2.40 bits per heavy atom. The van der Waals surface area contributed by atoms with Gasteiger partial charge in [0.15, 0.2) is 0 Å². The van der Waals surface area contributed by atoms with Gasteiger partial charge in [-0.25, -0.2) is 4.79 Å². The Hall–Kier alpha value is -2.11. The molecule has 2 N–H and O–H groups in total. The molecule has 1 rings (SSSR count). The average molecular weight is 211 g/mol. The van der Waals surface area contributed by atoms with Crippen molar-refractivity contribution in [2.24, 2.45) is 0 Å². The summed E-state index contributed by atoms with van der Waals surface area (Å²) in [7, 11) is 0. The first-order chi connectivity index (χ1) is 6.86. The molecule has 6 heteroatoms. The summed E-state index contributed by atoms with van der Waals surface area (Å²) >= 11 is 0. The number of aromatic carboxylic acids is 1. The number of aryl methyl sites for hydroxylation is 1. The van der Waals surface area contributed by atoms with E-state index in [-0.39, 0.29) is 11.3 Å². The molecule has 1 aromatic rings. The summed E-state index contributed by atoms with van der Waals surface area (Å²) in [5.74, 6) is -1.63. The normalized spacial score (nSPS) is 10.0. The van der Waals surface area contributed by atoms with E-state index in [1.165, 1.54) is 13.8 Å². The third-order valence-electron chi connectivity index (χ3n) is 2.11. The minimum Gasteiger partial charge on any atom is -0.507 e. The molecule has 80 valence electrons. The van der Waals surface area contributed by atoms with Crippen molar-refractivity contribution in [3.05, 3.63) is 32.9 Å². The molecule has 0 aliphatic carbocycles. The van der Waals surface area contributed by atoms with Gasteiger partial charge in [-0.3, -0.25) is 10.1 Å². The molecule has 0 aliphatic rings. The number of benzene rings is 1. The number of phenols is 1. The molecular weight excluding hydrogens is 202 g/mol. The number of nitro benzene ring substituents is 1. The fourth-order valence-electron chi connectivity index (χ4n) is 1.36. The summed E-state index contributed by atoms with van der Waals surface area (Å²) < 4.78 is 0. The maximum absolute atomic E-state index is 10.8. The van der Waals surface area contributed by atoms with Crippen LogP contribution in [0.3, 0.4) is 0 Å². The van der Waals surface area contributed by atoms with Gasteiger partial charge >= 0.3 is 5.97 Å². The fourth-order valence-corrected chi connectivity index (χ4v) is 1.36. The van der Waals surface area contributed by atoms with Gasteiger partial charge in [0.05, 0.1) is 10.5 Å². The van der Waals surface area contributed by atoms with Crippen LogP contribution in [0.4, 0.5) is 5.69 Å². The van der Waals surface area contributed by atoms with Gasteiger partial charge in [-0.15, -0.1) is 0 Å². The molecule has 1 aromatic carbocycles. The number of hydrogen-bond donors (Lipinski definition) is 2. The molecule has 0 atom stereocenters. The number of carboxylic acid groups (broad SMARTS) is 1. The molecule has 0 unspecified atom stereocenters. The molecule has 0 radical (unpaired) electrons. The summed E-state index contributed by atoms with van der Waals surface area (Å²) in [5.41, 5.74) is -0.702. The first kappa shape index (κ1) is 11.0. The van der Waals surface area contributed by atoms with Crippen LogP contribution < -0.4 is 0 Å². The summed E-state index contributed by atoms with van der Waals surface area (Å²) in [6, 6.07) is 1.09. The van der Waals surface area contributed by atoms with Crippen LogP contribution >= 0.6 is 0 Å². The lowest BCUT2D eigenvalue weighted by Crippen LogP contribution is -2.05. The first-order valence-electron chi connectivity index (χ1n) is 4.07. The largest absolute Gasteiger partial charge is 0.507 e. The fraction of sp³-hybridized carbons (Fsp3) is 0.222. The molecule has 15 heavy (non-hydrogen) atoms. The highest BCUT2D eigenvalue weighted by atomic mass is 16.6. The van der Waals surface area contributed by atoms with Crippen LogP contribution in [0.2, 0.25) is 0 Å². The van der Waals surface area contributed by atoms with E-state index < -0.39 is 22.1 Å². The topological polar surface area (TPSA) is 101 Å². The zero-order valence-electron chi connectivity index (χ0n) is 8.14. The average Bonchev–Trinajstić information content (AvgIpc) is 2.12. The number of nitro groups is 1. The van der Waals surface area contributed by atoms with Crippen molar-refractivity contribution < 1.29 is 19.9 Å². The standard InChI is InChI=1S/C9H9NO5/c1-4-3-6(9(12)13)7(10(14)15)5(2)8(4)11/h3,11H,1-2H3,(H,12,13).